The lowest BCUT2D eigenvalue weighted by Gasteiger charge is -2.07. The van der Waals surface area contributed by atoms with Gasteiger partial charge in [0, 0.05) is 30.4 Å². The second-order valence-corrected chi connectivity index (χ2v) is 4.65. The number of benzene rings is 1. The SMILES string of the molecule is Cc1nc(-c2ccccc2)c(-c2ccnc(F)c2)n1C. The summed E-state index contributed by atoms with van der Waals surface area (Å²) in [6.07, 6.45) is 1.47. The molecule has 0 aliphatic carbocycles. The van der Waals surface area contributed by atoms with Crippen LogP contribution in [0.3, 0.4) is 0 Å². The first-order valence-corrected chi connectivity index (χ1v) is 6.37. The van der Waals surface area contributed by atoms with E-state index in [1.807, 2.05) is 48.9 Å². The van der Waals surface area contributed by atoms with Crippen LogP contribution in [0.1, 0.15) is 5.82 Å². The molecule has 0 spiro atoms. The van der Waals surface area contributed by atoms with E-state index in [0.717, 1.165) is 28.3 Å². The molecule has 0 N–H and O–H groups in total. The number of hydrogen-bond acceptors (Lipinski definition) is 2. The normalized spacial score (nSPS) is 10.8. The zero-order valence-corrected chi connectivity index (χ0v) is 11.3. The van der Waals surface area contributed by atoms with Crippen LogP contribution >= 0.6 is 0 Å². The van der Waals surface area contributed by atoms with Gasteiger partial charge >= 0.3 is 0 Å². The van der Waals surface area contributed by atoms with Crippen LogP contribution in [0.4, 0.5) is 4.39 Å². The highest BCUT2D eigenvalue weighted by Crippen LogP contribution is 2.31. The van der Waals surface area contributed by atoms with Gasteiger partial charge in [0.25, 0.3) is 0 Å². The van der Waals surface area contributed by atoms with Crippen molar-refractivity contribution in [2.24, 2.45) is 7.05 Å². The van der Waals surface area contributed by atoms with Gasteiger partial charge in [0.15, 0.2) is 0 Å². The lowest BCUT2D eigenvalue weighted by atomic mass is 10.1. The van der Waals surface area contributed by atoms with Crippen molar-refractivity contribution in [2.75, 3.05) is 0 Å². The van der Waals surface area contributed by atoms with Gasteiger partial charge in [0.05, 0.1) is 11.4 Å². The molecule has 3 aromatic rings. The van der Waals surface area contributed by atoms with Crippen LogP contribution in [0.5, 0.6) is 0 Å². The maximum absolute atomic E-state index is 13.4. The third-order valence-electron chi connectivity index (χ3n) is 3.37. The fourth-order valence-corrected chi connectivity index (χ4v) is 2.29. The van der Waals surface area contributed by atoms with Crippen molar-refractivity contribution in [3.8, 4) is 22.5 Å². The molecule has 20 heavy (non-hydrogen) atoms. The molecule has 3 rings (SSSR count). The highest BCUT2D eigenvalue weighted by atomic mass is 19.1. The number of rotatable bonds is 2. The Kier molecular flexibility index (Phi) is 3.06. The van der Waals surface area contributed by atoms with Crippen LogP contribution in [0.2, 0.25) is 0 Å². The molecular formula is C16H14FN3. The Morgan fingerprint density at radius 1 is 1.05 bits per heavy atom. The number of aryl methyl sites for hydroxylation is 1. The summed E-state index contributed by atoms with van der Waals surface area (Å²) in [7, 11) is 1.93. The van der Waals surface area contributed by atoms with Gasteiger partial charge in [0.2, 0.25) is 5.95 Å². The Morgan fingerprint density at radius 3 is 2.50 bits per heavy atom. The van der Waals surface area contributed by atoms with Crippen LogP contribution in [-0.2, 0) is 7.05 Å². The van der Waals surface area contributed by atoms with E-state index in [2.05, 4.69) is 9.97 Å². The predicted molar refractivity (Wildman–Crippen MR) is 76.6 cm³/mol. The van der Waals surface area contributed by atoms with Crippen LogP contribution in [-0.4, -0.2) is 14.5 Å². The number of imidazole rings is 1. The second-order valence-electron chi connectivity index (χ2n) is 4.65. The van der Waals surface area contributed by atoms with E-state index in [9.17, 15) is 4.39 Å². The van der Waals surface area contributed by atoms with Gasteiger partial charge in [-0.1, -0.05) is 30.3 Å². The molecule has 0 aliphatic heterocycles. The first-order valence-electron chi connectivity index (χ1n) is 6.37. The molecule has 0 bridgehead atoms. The van der Waals surface area contributed by atoms with Crippen molar-refractivity contribution in [3.05, 3.63) is 60.4 Å². The van der Waals surface area contributed by atoms with Gasteiger partial charge in [-0.2, -0.15) is 4.39 Å². The molecule has 2 heterocycles. The molecule has 0 unspecified atom stereocenters. The topological polar surface area (TPSA) is 30.7 Å². The van der Waals surface area contributed by atoms with E-state index < -0.39 is 5.95 Å². The van der Waals surface area contributed by atoms with Gasteiger partial charge in [0.1, 0.15) is 5.82 Å². The number of aromatic nitrogens is 3. The van der Waals surface area contributed by atoms with Crippen LogP contribution < -0.4 is 0 Å². The monoisotopic (exact) mass is 267 g/mol. The van der Waals surface area contributed by atoms with Gasteiger partial charge in [-0.25, -0.2) is 9.97 Å². The molecule has 100 valence electrons. The summed E-state index contributed by atoms with van der Waals surface area (Å²) in [5, 5.41) is 0. The van der Waals surface area contributed by atoms with E-state index in [-0.39, 0.29) is 0 Å². The van der Waals surface area contributed by atoms with Crippen LogP contribution in [0.15, 0.2) is 48.7 Å². The lowest BCUT2D eigenvalue weighted by Crippen LogP contribution is -1.96. The first kappa shape index (κ1) is 12.5. The molecular weight excluding hydrogens is 253 g/mol. The number of nitrogens with zero attached hydrogens (tertiary/aromatic N) is 3. The van der Waals surface area contributed by atoms with Crippen molar-refractivity contribution in [1.29, 1.82) is 0 Å². The molecule has 0 saturated carbocycles. The molecule has 0 fully saturated rings. The molecule has 0 amide bonds. The molecule has 0 radical (unpaired) electrons. The third kappa shape index (κ3) is 2.09. The van der Waals surface area contributed by atoms with Crippen molar-refractivity contribution in [1.82, 2.24) is 14.5 Å². The summed E-state index contributed by atoms with van der Waals surface area (Å²) in [5.41, 5.74) is 3.55. The van der Waals surface area contributed by atoms with Crippen molar-refractivity contribution >= 4 is 0 Å². The highest BCUT2D eigenvalue weighted by Gasteiger charge is 2.16. The Bertz CT molecular complexity index is 748. The maximum Gasteiger partial charge on any atom is 0.213 e. The van der Waals surface area contributed by atoms with E-state index in [1.165, 1.54) is 12.3 Å². The molecule has 0 saturated heterocycles. The lowest BCUT2D eigenvalue weighted by molar-refractivity contribution is 0.584. The number of halogens is 1. The van der Waals surface area contributed by atoms with E-state index in [0.29, 0.717) is 0 Å². The van der Waals surface area contributed by atoms with Crippen LogP contribution in [0, 0.1) is 12.9 Å². The predicted octanol–water partition coefficient (Wildman–Crippen LogP) is 3.60. The number of hydrogen-bond donors (Lipinski definition) is 0. The largest absolute Gasteiger partial charge is 0.331 e. The van der Waals surface area contributed by atoms with Crippen molar-refractivity contribution < 1.29 is 4.39 Å². The first-order chi connectivity index (χ1) is 9.66. The van der Waals surface area contributed by atoms with Gasteiger partial charge in [-0.05, 0) is 13.0 Å². The minimum atomic E-state index is -0.486. The molecule has 2 aromatic heterocycles. The molecule has 4 heteroatoms. The third-order valence-corrected chi connectivity index (χ3v) is 3.37. The molecule has 3 nitrogen and oxygen atoms in total. The van der Waals surface area contributed by atoms with Crippen LogP contribution in [0.25, 0.3) is 22.5 Å². The summed E-state index contributed by atoms with van der Waals surface area (Å²) in [6, 6.07) is 13.1. The van der Waals surface area contributed by atoms with Gasteiger partial charge in [-0.3, -0.25) is 0 Å². The fraction of sp³-hybridized carbons (Fsp3) is 0.125. The molecule has 1 aromatic carbocycles. The van der Waals surface area contributed by atoms with E-state index >= 15 is 0 Å². The maximum atomic E-state index is 13.4. The summed E-state index contributed by atoms with van der Waals surface area (Å²) in [4.78, 5) is 8.21. The summed E-state index contributed by atoms with van der Waals surface area (Å²) in [6.45, 7) is 1.94. The zero-order valence-electron chi connectivity index (χ0n) is 11.3. The minimum absolute atomic E-state index is 0.486. The summed E-state index contributed by atoms with van der Waals surface area (Å²) in [5.74, 6) is 0.399. The smallest absolute Gasteiger partial charge is 0.213 e. The summed E-state index contributed by atoms with van der Waals surface area (Å²) >= 11 is 0. The fourth-order valence-electron chi connectivity index (χ4n) is 2.29. The van der Waals surface area contributed by atoms with E-state index in [4.69, 9.17) is 0 Å². The quantitative estimate of drug-likeness (QED) is 0.664. The Labute approximate surface area is 116 Å². The average Bonchev–Trinajstić information content (AvgIpc) is 2.76. The van der Waals surface area contributed by atoms with E-state index in [1.54, 1.807) is 6.07 Å². The van der Waals surface area contributed by atoms with Gasteiger partial charge in [-0.15, -0.1) is 0 Å². The Hall–Kier alpha value is -2.49. The van der Waals surface area contributed by atoms with Gasteiger partial charge < -0.3 is 4.57 Å². The standard InChI is InChI=1S/C16H14FN3/c1-11-19-15(12-6-4-3-5-7-12)16(20(11)2)13-8-9-18-14(17)10-13/h3-10H,1-2H3. The molecule has 0 aliphatic rings. The summed E-state index contributed by atoms with van der Waals surface area (Å²) < 4.78 is 15.4. The minimum Gasteiger partial charge on any atom is -0.331 e. The van der Waals surface area contributed by atoms with Crippen molar-refractivity contribution in [2.45, 2.75) is 6.92 Å². The Balaban J connectivity index is 2.25. The van der Waals surface area contributed by atoms with Crippen molar-refractivity contribution in [3.63, 3.8) is 0 Å². The average molecular weight is 267 g/mol. The highest BCUT2D eigenvalue weighted by molar-refractivity contribution is 5.78. The second kappa shape index (κ2) is 4.89. The zero-order chi connectivity index (χ0) is 14.1. The Morgan fingerprint density at radius 2 is 1.80 bits per heavy atom. The number of pyridine rings is 1. The molecule has 0 atom stereocenters.